The third-order valence-corrected chi connectivity index (χ3v) is 4.09. The van der Waals surface area contributed by atoms with Crippen molar-refractivity contribution in [3.05, 3.63) is 54.0 Å². The molecule has 0 atom stereocenters. The molecule has 0 spiro atoms. The van der Waals surface area contributed by atoms with Crippen molar-refractivity contribution in [2.75, 3.05) is 37.7 Å². The first-order valence-electron chi connectivity index (χ1n) is 9.05. The van der Waals surface area contributed by atoms with Crippen LogP contribution < -0.4 is 15.5 Å². The topological polar surface area (TPSA) is 74.7 Å². The van der Waals surface area contributed by atoms with Crippen LogP contribution in [0.25, 0.3) is 0 Å². The first-order valence-corrected chi connectivity index (χ1v) is 9.05. The lowest BCUT2D eigenvalue weighted by atomic mass is 10.2. The van der Waals surface area contributed by atoms with Crippen LogP contribution in [0.1, 0.15) is 18.2 Å². The molecule has 1 aliphatic heterocycles. The molecule has 8 heteroatoms. The maximum absolute atomic E-state index is 5.44. The average Bonchev–Trinajstić information content (AvgIpc) is 2.72. The molecule has 0 unspecified atom stereocenters. The molecule has 27 heavy (non-hydrogen) atoms. The summed E-state index contributed by atoms with van der Waals surface area (Å²) in [6.07, 6.45) is 3.63. The molecule has 2 N–H and O–H groups in total. The lowest BCUT2D eigenvalue weighted by Crippen LogP contribution is -2.38. The van der Waals surface area contributed by atoms with Crippen molar-refractivity contribution in [2.45, 2.75) is 20.0 Å². The number of ether oxygens (including phenoxy) is 1. The minimum absolute atomic E-state index is 0. The van der Waals surface area contributed by atoms with Crippen molar-refractivity contribution in [3.63, 3.8) is 0 Å². The maximum atomic E-state index is 5.44. The fourth-order valence-corrected chi connectivity index (χ4v) is 2.80. The molecule has 2 aromatic rings. The van der Waals surface area contributed by atoms with Crippen LogP contribution >= 0.6 is 24.0 Å². The van der Waals surface area contributed by atoms with Crippen LogP contribution in [0.15, 0.2) is 47.7 Å². The van der Waals surface area contributed by atoms with Gasteiger partial charge in [0.05, 0.1) is 32.0 Å². The monoisotopic (exact) mass is 482 g/mol. The molecule has 1 aliphatic rings. The highest BCUT2D eigenvalue weighted by molar-refractivity contribution is 14.0. The third kappa shape index (κ3) is 6.62. The van der Waals surface area contributed by atoms with Crippen molar-refractivity contribution in [3.8, 4) is 0 Å². The summed E-state index contributed by atoms with van der Waals surface area (Å²) in [6, 6.07) is 9.94. The Hall–Kier alpha value is -1.94. The Bertz CT molecular complexity index is 706. The molecule has 0 bridgehead atoms. The van der Waals surface area contributed by atoms with Crippen LogP contribution in [0.3, 0.4) is 0 Å². The molecule has 0 amide bonds. The minimum atomic E-state index is 0. The first kappa shape index (κ1) is 21.4. The molecule has 0 radical (unpaired) electrons. The fraction of sp³-hybridized carbons (Fsp3) is 0.421. The molecular weight excluding hydrogens is 455 g/mol. The van der Waals surface area contributed by atoms with Gasteiger partial charge in [-0.25, -0.2) is 9.98 Å². The second kappa shape index (κ2) is 11.7. The van der Waals surface area contributed by atoms with Crippen LogP contribution in [-0.2, 0) is 17.8 Å². The maximum Gasteiger partial charge on any atom is 0.191 e. The standard InChI is InChI=1S/C19H26N6O.HI/c1-2-20-19(24-15-17-7-3-4-8-21-17)23-14-16-6-5-9-22-18(16)25-10-12-26-13-11-25;/h3-9H,2,10-15H2,1H3,(H2,20,23,24);1H. The largest absolute Gasteiger partial charge is 0.378 e. The molecule has 146 valence electrons. The van der Waals surface area contributed by atoms with Gasteiger partial charge in [0.25, 0.3) is 0 Å². The Balaban J connectivity index is 0.00000261. The van der Waals surface area contributed by atoms with E-state index in [4.69, 9.17) is 9.73 Å². The summed E-state index contributed by atoms with van der Waals surface area (Å²) in [5.41, 5.74) is 2.10. The minimum Gasteiger partial charge on any atom is -0.378 e. The van der Waals surface area contributed by atoms with Crippen LogP contribution in [0, 0.1) is 0 Å². The number of nitrogens with one attached hydrogen (secondary N) is 2. The van der Waals surface area contributed by atoms with Gasteiger partial charge >= 0.3 is 0 Å². The summed E-state index contributed by atoms with van der Waals surface area (Å²) in [5.74, 6) is 1.77. The molecular formula is C19H27IN6O. The number of hydrogen-bond donors (Lipinski definition) is 2. The van der Waals surface area contributed by atoms with E-state index in [1.54, 1.807) is 6.20 Å². The van der Waals surface area contributed by atoms with E-state index in [1.807, 2.05) is 30.5 Å². The van der Waals surface area contributed by atoms with E-state index >= 15 is 0 Å². The number of guanidine groups is 1. The summed E-state index contributed by atoms with van der Waals surface area (Å²) >= 11 is 0. The highest BCUT2D eigenvalue weighted by atomic mass is 127. The summed E-state index contributed by atoms with van der Waals surface area (Å²) in [7, 11) is 0. The second-order valence-corrected chi connectivity index (χ2v) is 5.96. The van der Waals surface area contributed by atoms with Gasteiger partial charge in [-0.1, -0.05) is 12.1 Å². The number of hydrogen-bond acceptors (Lipinski definition) is 5. The van der Waals surface area contributed by atoms with Crippen molar-refractivity contribution in [1.82, 2.24) is 20.6 Å². The lowest BCUT2D eigenvalue weighted by molar-refractivity contribution is 0.122. The normalized spacial score (nSPS) is 14.4. The van der Waals surface area contributed by atoms with Gasteiger partial charge in [0, 0.05) is 37.6 Å². The SMILES string of the molecule is CCNC(=NCc1cccnc1N1CCOCC1)NCc1ccccn1.I. The molecule has 3 heterocycles. The zero-order valence-electron chi connectivity index (χ0n) is 15.6. The predicted octanol–water partition coefficient (Wildman–Crippen LogP) is 2.19. The first-order chi connectivity index (χ1) is 12.9. The second-order valence-electron chi connectivity index (χ2n) is 5.96. The summed E-state index contributed by atoms with van der Waals surface area (Å²) in [6.45, 7) is 7.28. The molecule has 7 nitrogen and oxygen atoms in total. The van der Waals surface area contributed by atoms with E-state index in [0.717, 1.165) is 55.9 Å². The Morgan fingerprint density at radius 1 is 1.11 bits per heavy atom. The van der Waals surface area contributed by atoms with Crippen LogP contribution in [0.2, 0.25) is 0 Å². The Labute approximate surface area is 177 Å². The number of pyridine rings is 2. The molecule has 2 aromatic heterocycles. The lowest BCUT2D eigenvalue weighted by Gasteiger charge is -2.29. The van der Waals surface area contributed by atoms with Gasteiger partial charge in [-0.2, -0.15) is 0 Å². The zero-order valence-corrected chi connectivity index (χ0v) is 17.9. The van der Waals surface area contributed by atoms with E-state index in [0.29, 0.717) is 13.1 Å². The van der Waals surface area contributed by atoms with E-state index < -0.39 is 0 Å². The Morgan fingerprint density at radius 3 is 2.67 bits per heavy atom. The number of aliphatic imine (C=N–C) groups is 1. The average molecular weight is 482 g/mol. The molecule has 0 aromatic carbocycles. The Morgan fingerprint density at radius 2 is 1.93 bits per heavy atom. The van der Waals surface area contributed by atoms with E-state index in [1.165, 1.54) is 0 Å². The number of halogens is 1. The van der Waals surface area contributed by atoms with Gasteiger partial charge in [0.2, 0.25) is 0 Å². The number of rotatable bonds is 6. The van der Waals surface area contributed by atoms with Gasteiger partial charge in [0.15, 0.2) is 5.96 Å². The fourth-order valence-electron chi connectivity index (χ4n) is 2.80. The highest BCUT2D eigenvalue weighted by Crippen LogP contribution is 2.19. The quantitative estimate of drug-likeness (QED) is 0.374. The highest BCUT2D eigenvalue weighted by Gasteiger charge is 2.15. The molecule has 1 fully saturated rings. The van der Waals surface area contributed by atoms with Gasteiger partial charge in [-0.05, 0) is 25.1 Å². The van der Waals surface area contributed by atoms with Crippen molar-refractivity contribution >= 4 is 35.8 Å². The number of aromatic nitrogens is 2. The van der Waals surface area contributed by atoms with E-state index in [9.17, 15) is 0 Å². The number of morpholine rings is 1. The van der Waals surface area contributed by atoms with Crippen molar-refractivity contribution in [1.29, 1.82) is 0 Å². The van der Waals surface area contributed by atoms with Crippen LogP contribution in [0.5, 0.6) is 0 Å². The summed E-state index contributed by atoms with van der Waals surface area (Å²) < 4.78 is 5.44. The zero-order chi connectivity index (χ0) is 18.0. The van der Waals surface area contributed by atoms with Gasteiger partial charge in [-0.15, -0.1) is 24.0 Å². The summed E-state index contributed by atoms with van der Waals surface area (Å²) in [5, 5.41) is 6.61. The third-order valence-electron chi connectivity index (χ3n) is 4.09. The van der Waals surface area contributed by atoms with Crippen LogP contribution in [0.4, 0.5) is 5.82 Å². The molecule has 1 saturated heterocycles. The predicted molar refractivity (Wildman–Crippen MR) is 119 cm³/mol. The van der Waals surface area contributed by atoms with Crippen molar-refractivity contribution in [2.24, 2.45) is 4.99 Å². The smallest absolute Gasteiger partial charge is 0.191 e. The van der Waals surface area contributed by atoms with Crippen LogP contribution in [-0.4, -0.2) is 48.8 Å². The van der Waals surface area contributed by atoms with Gasteiger partial charge in [0.1, 0.15) is 5.82 Å². The molecule has 3 rings (SSSR count). The van der Waals surface area contributed by atoms with Gasteiger partial charge in [-0.3, -0.25) is 4.98 Å². The summed E-state index contributed by atoms with van der Waals surface area (Å²) in [4.78, 5) is 15.9. The van der Waals surface area contributed by atoms with E-state index in [-0.39, 0.29) is 24.0 Å². The van der Waals surface area contributed by atoms with E-state index in [2.05, 4.69) is 38.5 Å². The molecule has 0 aliphatic carbocycles. The van der Waals surface area contributed by atoms with Gasteiger partial charge < -0.3 is 20.3 Å². The van der Waals surface area contributed by atoms with Crippen molar-refractivity contribution < 1.29 is 4.74 Å². The number of anilines is 1. The Kier molecular flexibility index (Phi) is 9.26. The number of nitrogens with zero attached hydrogens (tertiary/aromatic N) is 4. The molecule has 0 saturated carbocycles.